The van der Waals surface area contributed by atoms with Gasteiger partial charge in [-0.1, -0.05) is 29.7 Å². The fourth-order valence-corrected chi connectivity index (χ4v) is 2.17. The van der Waals surface area contributed by atoms with Crippen molar-refractivity contribution in [1.82, 2.24) is 0 Å². The van der Waals surface area contributed by atoms with Crippen LogP contribution in [0.4, 0.5) is 5.69 Å². The van der Waals surface area contributed by atoms with Crippen LogP contribution in [0.25, 0.3) is 0 Å². The lowest BCUT2D eigenvalue weighted by atomic mass is 10.1. The van der Waals surface area contributed by atoms with E-state index in [1.54, 1.807) is 18.2 Å². The van der Waals surface area contributed by atoms with Gasteiger partial charge in [0, 0.05) is 24.7 Å². The number of benzene rings is 1. The van der Waals surface area contributed by atoms with E-state index in [-0.39, 0.29) is 5.12 Å². The van der Waals surface area contributed by atoms with Crippen molar-refractivity contribution in [3.63, 3.8) is 0 Å². The van der Waals surface area contributed by atoms with Crippen molar-refractivity contribution in [3.05, 3.63) is 29.3 Å². The highest BCUT2D eigenvalue weighted by Crippen LogP contribution is 2.26. The van der Waals surface area contributed by atoms with Gasteiger partial charge in [0.05, 0.1) is 11.3 Å². The maximum atomic E-state index is 11.5. The van der Waals surface area contributed by atoms with E-state index < -0.39 is 11.7 Å². The van der Waals surface area contributed by atoms with Crippen molar-refractivity contribution in [2.24, 2.45) is 0 Å². The monoisotopic (exact) mass is 273 g/mol. The van der Waals surface area contributed by atoms with Crippen LogP contribution in [0.5, 0.6) is 0 Å². The summed E-state index contributed by atoms with van der Waals surface area (Å²) in [5.74, 6) is 5.35. The molecule has 0 fully saturated rings. The van der Waals surface area contributed by atoms with E-state index >= 15 is 0 Å². The molecule has 1 heterocycles. The summed E-state index contributed by atoms with van der Waals surface area (Å²) in [5, 5.41) is 2.59. The van der Waals surface area contributed by atoms with Crippen molar-refractivity contribution in [3.8, 4) is 11.8 Å². The smallest absolute Gasteiger partial charge is 0.296 e. The first-order valence-corrected chi connectivity index (χ1v) is 6.69. The Hall–Kier alpha value is -2.06. The van der Waals surface area contributed by atoms with Crippen LogP contribution in [0, 0.1) is 11.8 Å². The zero-order valence-electron chi connectivity index (χ0n) is 10.3. The molecule has 0 saturated heterocycles. The van der Waals surface area contributed by atoms with E-state index in [4.69, 9.17) is 0 Å². The van der Waals surface area contributed by atoms with Gasteiger partial charge in [0.15, 0.2) is 5.12 Å². The number of anilines is 1. The van der Waals surface area contributed by atoms with Crippen LogP contribution in [0.1, 0.15) is 29.3 Å². The summed E-state index contributed by atoms with van der Waals surface area (Å²) in [5.41, 5.74) is 1.49. The maximum absolute atomic E-state index is 11.5. The minimum atomic E-state index is -0.614. The third-order valence-corrected chi connectivity index (χ3v) is 3.32. The van der Waals surface area contributed by atoms with Crippen molar-refractivity contribution in [1.29, 1.82) is 0 Å². The van der Waals surface area contributed by atoms with Gasteiger partial charge in [-0.2, -0.15) is 0 Å². The summed E-state index contributed by atoms with van der Waals surface area (Å²) < 4.78 is 0. The largest absolute Gasteiger partial charge is 0.317 e. The van der Waals surface area contributed by atoms with E-state index in [1.165, 1.54) is 18.7 Å². The third kappa shape index (κ3) is 3.04. The molecular formula is C14H11NO3S. The van der Waals surface area contributed by atoms with Crippen LogP contribution in [0.15, 0.2) is 18.2 Å². The average molecular weight is 273 g/mol. The standard InChI is InChI=1S/C14H11NO3S/c1-9(16)19-8-3-2-5-10-6-4-7-11-12(10)15-14(18)13(11)17/h4,6-7H,3,8H2,1H3,(H,15,17,18). The van der Waals surface area contributed by atoms with Gasteiger partial charge < -0.3 is 5.32 Å². The predicted molar refractivity (Wildman–Crippen MR) is 74.0 cm³/mol. The number of thioether (sulfide) groups is 1. The quantitative estimate of drug-likeness (QED) is 0.507. The van der Waals surface area contributed by atoms with Gasteiger partial charge in [-0.25, -0.2) is 0 Å². The summed E-state index contributed by atoms with van der Waals surface area (Å²) in [7, 11) is 0. The summed E-state index contributed by atoms with van der Waals surface area (Å²) in [6.45, 7) is 1.52. The highest BCUT2D eigenvalue weighted by molar-refractivity contribution is 8.13. The van der Waals surface area contributed by atoms with Gasteiger partial charge in [-0.3, -0.25) is 14.4 Å². The van der Waals surface area contributed by atoms with E-state index in [2.05, 4.69) is 17.2 Å². The topological polar surface area (TPSA) is 63.2 Å². The molecule has 1 aromatic rings. The molecule has 1 aromatic carbocycles. The lowest BCUT2D eigenvalue weighted by molar-refractivity contribution is -0.112. The Labute approximate surface area is 115 Å². The van der Waals surface area contributed by atoms with Gasteiger partial charge in [0.2, 0.25) is 0 Å². The molecule has 1 aliphatic heterocycles. The Morgan fingerprint density at radius 3 is 2.89 bits per heavy atom. The Kier molecular flexibility index (Phi) is 4.03. The van der Waals surface area contributed by atoms with Crippen LogP contribution in [0.3, 0.4) is 0 Å². The van der Waals surface area contributed by atoms with E-state index in [0.29, 0.717) is 29.0 Å². The lowest BCUT2D eigenvalue weighted by Gasteiger charge is -1.99. The molecule has 1 aliphatic rings. The number of nitrogens with one attached hydrogen (secondary N) is 1. The number of rotatable bonds is 2. The Morgan fingerprint density at radius 2 is 2.16 bits per heavy atom. The number of hydrogen-bond donors (Lipinski definition) is 1. The van der Waals surface area contributed by atoms with E-state index in [0.717, 1.165) is 0 Å². The number of hydrogen-bond acceptors (Lipinski definition) is 4. The molecule has 0 spiro atoms. The van der Waals surface area contributed by atoms with Crippen molar-refractivity contribution >= 4 is 34.3 Å². The van der Waals surface area contributed by atoms with Gasteiger partial charge in [-0.05, 0) is 12.1 Å². The first-order chi connectivity index (χ1) is 9.09. The Bertz CT molecular complexity index is 625. The van der Waals surface area contributed by atoms with Gasteiger partial charge in [0.1, 0.15) is 0 Å². The number of fused-ring (bicyclic) bond motifs is 1. The molecule has 0 aliphatic carbocycles. The first kappa shape index (κ1) is 13.4. The van der Waals surface area contributed by atoms with Crippen LogP contribution < -0.4 is 5.32 Å². The summed E-state index contributed by atoms with van der Waals surface area (Å²) in [6.07, 6.45) is 0.579. The molecule has 4 nitrogen and oxygen atoms in total. The maximum Gasteiger partial charge on any atom is 0.296 e. The van der Waals surface area contributed by atoms with Gasteiger partial charge >= 0.3 is 0 Å². The number of carbonyl (C=O) groups excluding carboxylic acids is 3. The second-order valence-electron chi connectivity index (χ2n) is 3.90. The molecule has 0 saturated carbocycles. The summed E-state index contributed by atoms with van der Waals surface area (Å²) in [4.78, 5) is 33.5. The number of para-hydroxylation sites is 1. The molecular weight excluding hydrogens is 262 g/mol. The lowest BCUT2D eigenvalue weighted by Crippen LogP contribution is -2.12. The number of amides is 1. The molecule has 5 heteroatoms. The fraction of sp³-hybridized carbons (Fsp3) is 0.214. The van der Waals surface area contributed by atoms with E-state index in [1.807, 2.05) is 0 Å². The van der Waals surface area contributed by atoms with Crippen LogP contribution in [0.2, 0.25) is 0 Å². The Morgan fingerprint density at radius 1 is 1.37 bits per heavy atom. The highest BCUT2D eigenvalue weighted by Gasteiger charge is 2.29. The van der Waals surface area contributed by atoms with Crippen LogP contribution in [-0.2, 0) is 9.59 Å². The highest BCUT2D eigenvalue weighted by atomic mass is 32.2. The molecule has 0 bridgehead atoms. The molecule has 0 aromatic heterocycles. The molecule has 0 atom stereocenters. The first-order valence-electron chi connectivity index (χ1n) is 5.70. The summed E-state index contributed by atoms with van der Waals surface area (Å²) in [6, 6.07) is 5.06. The number of Topliss-reactive ketones (excluding diaryl/α,β-unsaturated/α-hetero) is 1. The molecule has 0 unspecified atom stereocenters. The van der Waals surface area contributed by atoms with Crippen molar-refractivity contribution in [2.45, 2.75) is 13.3 Å². The Balaban J connectivity index is 2.11. The van der Waals surface area contributed by atoms with Crippen molar-refractivity contribution in [2.75, 3.05) is 11.1 Å². The van der Waals surface area contributed by atoms with Crippen LogP contribution >= 0.6 is 11.8 Å². The molecule has 0 radical (unpaired) electrons. The normalized spacial score (nSPS) is 12.5. The van der Waals surface area contributed by atoms with E-state index in [9.17, 15) is 14.4 Å². The predicted octanol–water partition coefficient (Wildman–Crippen LogP) is 1.84. The second kappa shape index (κ2) is 5.72. The average Bonchev–Trinajstić information content (AvgIpc) is 2.66. The molecule has 96 valence electrons. The summed E-state index contributed by atoms with van der Waals surface area (Å²) >= 11 is 1.23. The van der Waals surface area contributed by atoms with Crippen molar-refractivity contribution < 1.29 is 14.4 Å². The zero-order chi connectivity index (χ0) is 13.8. The van der Waals surface area contributed by atoms with Gasteiger partial charge in [-0.15, -0.1) is 0 Å². The molecule has 2 rings (SSSR count). The third-order valence-electron chi connectivity index (χ3n) is 2.51. The molecule has 1 N–H and O–H groups in total. The number of carbonyl (C=O) groups is 3. The second-order valence-corrected chi connectivity index (χ2v) is 5.18. The molecule has 1 amide bonds. The number of ketones is 1. The van der Waals surface area contributed by atoms with Crippen LogP contribution in [-0.4, -0.2) is 22.6 Å². The minimum absolute atomic E-state index is 0.0697. The molecule has 19 heavy (non-hydrogen) atoms. The minimum Gasteiger partial charge on any atom is -0.317 e. The zero-order valence-corrected chi connectivity index (χ0v) is 11.1. The SMILES string of the molecule is CC(=O)SCCC#Cc1cccc2c1NC(=O)C2=O. The van der Waals surface area contributed by atoms with Gasteiger partial charge in [0.25, 0.3) is 11.7 Å². The fourth-order valence-electron chi connectivity index (χ4n) is 1.68.